The number of methoxy groups -OCH3 is 1. The standard InChI is InChI=1S/C20H24N4O4/c1-3-20-12-23(10-11-24(20)19(26)28-13-20)17(25)9-8-16-18(27-2)22-15-7-5-4-6-14(15)21-16/h4-7H,3,8-13H2,1-2H3. The zero-order valence-corrected chi connectivity index (χ0v) is 16.2. The summed E-state index contributed by atoms with van der Waals surface area (Å²) in [6, 6.07) is 7.59. The Morgan fingerprint density at radius 3 is 2.71 bits per heavy atom. The Bertz CT molecular complexity index is 918. The van der Waals surface area contributed by atoms with Crippen molar-refractivity contribution in [3.8, 4) is 5.88 Å². The van der Waals surface area contributed by atoms with E-state index in [1.165, 1.54) is 0 Å². The summed E-state index contributed by atoms with van der Waals surface area (Å²) in [6.07, 6.45) is 1.25. The molecule has 2 amide bonds. The van der Waals surface area contributed by atoms with Crippen molar-refractivity contribution in [2.75, 3.05) is 33.4 Å². The fourth-order valence-electron chi connectivity index (χ4n) is 4.01. The minimum absolute atomic E-state index is 0.0452. The molecule has 2 saturated heterocycles. The van der Waals surface area contributed by atoms with E-state index in [4.69, 9.17) is 9.47 Å². The second-order valence-electron chi connectivity index (χ2n) is 7.27. The molecule has 0 saturated carbocycles. The first-order valence-electron chi connectivity index (χ1n) is 9.58. The van der Waals surface area contributed by atoms with Crippen molar-refractivity contribution in [1.29, 1.82) is 0 Å². The van der Waals surface area contributed by atoms with Crippen LogP contribution < -0.4 is 4.74 Å². The highest BCUT2D eigenvalue weighted by molar-refractivity contribution is 5.78. The van der Waals surface area contributed by atoms with Crippen molar-refractivity contribution < 1.29 is 19.1 Å². The predicted molar refractivity (Wildman–Crippen MR) is 102 cm³/mol. The summed E-state index contributed by atoms with van der Waals surface area (Å²) >= 11 is 0. The van der Waals surface area contributed by atoms with Gasteiger partial charge in [-0.15, -0.1) is 0 Å². The average molecular weight is 384 g/mol. The summed E-state index contributed by atoms with van der Waals surface area (Å²) in [7, 11) is 1.56. The number of para-hydroxylation sites is 2. The lowest BCUT2D eigenvalue weighted by Gasteiger charge is -2.44. The van der Waals surface area contributed by atoms with Gasteiger partial charge in [0.25, 0.3) is 0 Å². The Labute approximate surface area is 163 Å². The molecule has 0 radical (unpaired) electrons. The van der Waals surface area contributed by atoms with Crippen LogP contribution in [0.25, 0.3) is 11.0 Å². The maximum atomic E-state index is 12.9. The van der Waals surface area contributed by atoms with Gasteiger partial charge in [0.2, 0.25) is 11.8 Å². The SMILES string of the molecule is CCC12COC(=O)N1CCN(C(=O)CCc1nc3ccccc3nc1OC)C2. The molecule has 8 heteroatoms. The Balaban J connectivity index is 1.46. The summed E-state index contributed by atoms with van der Waals surface area (Å²) in [4.78, 5) is 37.5. The van der Waals surface area contributed by atoms with E-state index in [0.29, 0.717) is 50.7 Å². The average Bonchev–Trinajstić information content (AvgIpc) is 3.07. The molecule has 2 aliphatic rings. The van der Waals surface area contributed by atoms with Gasteiger partial charge in [-0.05, 0) is 18.6 Å². The van der Waals surface area contributed by atoms with Gasteiger partial charge in [-0.25, -0.2) is 14.8 Å². The number of aromatic nitrogens is 2. The maximum absolute atomic E-state index is 12.9. The Kier molecular flexibility index (Phi) is 4.78. The number of benzene rings is 1. The van der Waals surface area contributed by atoms with Gasteiger partial charge >= 0.3 is 6.09 Å². The molecule has 148 valence electrons. The molecular formula is C20H24N4O4. The highest BCUT2D eigenvalue weighted by Gasteiger charge is 2.50. The number of hydrogen-bond acceptors (Lipinski definition) is 6. The van der Waals surface area contributed by atoms with E-state index >= 15 is 0 Å². The summed E-state index contributed by atoms with van der Waals surface area (Å²) in [5.74, 6) is 0.500. The van der Waals surface area contributed by atoms with Crippen molar-refractivity contribution in [2.45, 2.75) is 31.7 Å². The van der Waals surface area contributed by atoms with Crippen LogP contribution in [0.3, 0.4) is 0 Å². The number of cyclic esters (lactones) is 1. The van der Waals surface area contributed by atoms with Crippen molar-refractivity contribution >= 4 is 23.0 Å². The van der Waals surface area contributed by atoms with E-state index in [0.717, 1.165) is 17.5 Å². The van der Waals surface area contributed by atoms with Crippen LogP contribution in [0.15, 0.2) is 24.3 Å². The third kappa shape index (κ3) is 3.12. The highest BCUT2D eigenvalue weighted by atomic mass is 16.6. The first-order chi connectivity index (χ1) is 13.6. The largest absolute Gasteiger partial charge is 0.480 e. The minimum atomic E-state index is -0.397. The fourth-order valence-corrected chi connectivity index (χ4v) is 4.01. The Morgan fingerprint density at radius 1 is 1.25 bits per heavy atom. The van der Waals surface area contributed by atoms with E-state index in [1.54, 1.807) is 12.0 Å². The number of rotatable bonds is 5. The first kappa shape index (κ1) is 18.5. The van der Waals surface area contributed by atoms with Crippen LogP contribution in [-0.2, 0) is 16.0 Å². The quantitative estimate of drug-likeness (QED) is 0.784. The van der Waals surface area contributed by atoms with Crippen LogP contribution >= 0.6 is 0 Å². The van der Waals surface area contributed by atoms with Crippen LogP contribution in [-0.4, -0.2) is 70.7 Å². The van der Waals surface area contributed by atoms with Crippen LogP contribution in [0.5, 0.6) is 5.88 Å². The number of carbonyl (C=O) groups is 2. The van der Waals surface area contributed by atoms with Crippen LogP contribution in [0.4, 0.5) is 4.79 Å². The highest BCUT2D eigenvalue weighted by Crippen LogP contribution is 2.32. The van der Waals surface area contributed by atoms with E-state index in [1.807, 2.05) is 36.1 Å². The molecule has 0 N–H and O–H groups in total. The van der Waals surface area contributed by atoms with E-state index < -0.39 is 5.54 Å². The number of fused-ring (bicyclic) bond motifs is 2. The van der Waals surface area contributed by atoms with Crippen LogP contribution in [0, 0.1) is 0 Å². The number of carbonyl (C=O) groups excluding carboxylic acids is 2. The molecule has 1 aromatic carbocycles. The number of aryl methyl sites for hydroxylation is 1. The summed E-state index contributed by atoms with van der Waals surface area (Å²) in [5.41, 5.74) is 1.83. The molecule has 28 heavy (non-hydrogen) atoms. The number of ether oxygens (including phenoxy) is 2. The zero-order valence-electron chi connectivity index (χ0n) is 16.2. The number of hydrogen-bond donors (Lipinski definition) is 0. The molecule has 2 aliphatic heterocycles. The van der Waals surface area contributed by atoms with Crippen molar-refractivity contribution in [1.82, 2.24) is 19.8 Å². The first-order valence-corrected chi connectivity index (χ1v) is 9.58. The van der Waals surface area contributed by atoms with Gasteiger partial charge in [-0.1, -0.05) is 19.1 Å². The molecule has 0 spiro atoms. The van der Waals surface area contributed by atoms with Crippen molar-refractivity contribution in [3.63, 3.8) is 0 Å². The smallest absolute Gasteiger partial charge is 0.410 e. The molecule has 2 fully saturated rings. The lowest BCUT2D eigenvalue weighted by Crippen LogP contribution is -2.62. The van der Waals surface area contributed by atoms with Crippen molar-refractivity contribution in [2.24, 2.45) is 0 Å². The van der Waals surface area contributed by atoms with E-state index in [2.05, 4.69) is 9.97 Å². The molecule has 3 heterocycles. The lowest BCUT2D eigenvalue weighted by molar-refractivity contribution is -0.135. The maximum Gasteiger partial charge on any atom is 0.410 e. The van der Waals surface area contributed by atoms with Gasteiger partial charge in [0, 0.05) is 32.5 Å². The van der Waals surface area contributed by atoms with Gasteiger partial charge in [0.05, 0.1) is 23.7 Å². The minimum Gasteiger partial charge on any atom is -0.480 e. The van der Waals surface area contributed by atoms with Crippen LogP contribution in [0.1, 0.15) is 25.5 Å². The zero-order chi connectivity index (χ0) is 19.7. The van der Waals surface area contributed by atoms with E-state index in [9.17, 15) is 9.59 Å². The Hall–Kier alpha value is -2.90. The molecule has 1 atom stereocenters. The monoisotopic (exact) mass is 384 g/mol. The van der Waals surface area contributed by atoms with Gasteiger partial charge in [0.1, 0.15) is 12.3 Å². The second-order valence-corrected chi connectivity index (χ2v) is 7.27. The molecular weight excluding hydrogens is 360 g/mol. The number of amides is 2. The third-order valence-corrected chi connectivity index (χ3v) is 5.72. The molecule has 0 aliphatic carbocycles. The predicted octanol–water partition coefficient (Wildman–Crippen LogP) is 2.01. The molecule has 1 unspecified atom stereocenters. The Morgan fingerprint density at radius 2 is 2.00 bits per heavy atom. The van der Waals surface area contributed by atoms with Gasteiger partial charge in [-0.3, -0.25) is 9.69 Å². The van der Waals surface area contributed by atoms with Gasteiger partial charge in [0.15, 0.2) is 0 Å². The normalized spacial score (nSPS) is 21.6. The number of nitrogens with zero attached hydrogens (tertiary/aromatic N) is 4. The van der Waals surface area contributed by atoms with Gasteiger partial charge < -0.3 is 14.4 Å². The molecule has 1 aromatic heterocycles. The second kappa shape index (κ2) is 7.26. The summed E-state index contributed by atoms with van der Waals surface area (Å²) in [6.45, 7) is 3.91. The lowest BCUT2D eigenvalue weighted by atomic mass is 9.92. The van der Waals surface area contributed by atoms with Crippen molar-refractivity contribution in [3.05, 3.63) is 30.0 Å². The molecule has 4 rings (SSSR count). The van der Waals surface area contributed by atoms with E-state index in [-0.39, 0.29) is 12.0 Å². The third-order valence-electron chi connectivity index (χ3n) is 5.72. The summed E-state index contributed by atoms with van der Waals surface area (Å²) in [5, 5.41) is 0. The van der Waals surface area contributed by atoms with Gasteiger partial charge in [-0.2, -0.15) is 0 Å². The molecule has 8 nitrogen and oxygen atoms in total. The summed E-state index contributed by atoms with van der Waals surface area (Å²) < 4.78 is 10.6. The molecule has 0 bridgehead atoms. The number of piperazine rings is 1. The van der Waals surface area contributed by atoms with Crippen LogP contribution in [0.2, 0.25) is 0 Å². The topological polar surface area (TPSA) is 84.9 Å². The molecule has 2 aromatic rings. The fraction of sp³-hybridized carbons (Fsp3) is 0.500.